The van der Waals surface area contributed by atoms with Crippen molar-refractivity contribution in [2.45, 2.75) is 124 Å². The molecule has 8 heteroatoms. The van der Waals surface area contributed by atoms with Gasteiger partial charge in [0.25, 0.3) is 0 Å². The summed E-state index contributed by atoms with van der Waals surface area (Å²) in [6.07, 6.45) is 2.32. The van der Waals surface area contributed by atoms with E-state index in [2.05, 4.69) is 32.4 Å². The molecule has 0 aromatic carbocycles. The lowest BCUT2D eigenvalue weighted by atomic mass is 9.81. The molecule has 0 saturated heterocycles. The molecule has 7 nitrogen and oxygen atoms in total. The molecule has 0 heterocycles. The molecule has 0 atom stereocenters. The van der Waals surface area contributed by atoms with Gasteiger partial charge in [-0.15, -0.1) is 0 Å². The molecule has 0 rings (SSSR count). The van der Waals surface area contributed by atoms with Gasteiger partial charge in [-0.3, -0.25) is 9.59 Å². The summed E-state index contributed by atoms with van der Waals surface area (Å²) in [5.74, 6) is 2.20. The Morgan fingerprint density at radius 2 is 0.919 bits per heavy atom. The second kappa shape index (κ2) is 24.9. The molecule has 0 bridgehead atoms. The monoisotopic (exact) mass is 558 g/mol. The van der Waals surface area contributed by atoms with Crippen molar-refractivity contribution in [2.24, 2.45) is 29.1 Å². The van der Waals surface area contributed by atoms with Crippen molar-refractivity contribution in [3.8, 4) is 0 Å². The average Bonchev–Trinajstić information content (AvgIpc) is 2.58. The Balaban J connectivity index is -0.0000000626. The van der Waals surface area contributed by atoms with Crippen LogP contribution >= 0.6 is 0 Å². The lowest BCUT2D eigenvalue weighted by Crippen LogP contribution is -2.32. The van der Waals surface area contributed by atoms with Gasteiger partial charge in [-0.25, -0.2) is 8.42 Å². The number of esters is 2. The third kappa shape index (κ3) is 48.2. The first-order chi connectivity index (χ1) is 15.2. The van der Waals surface area contributed by atoms with E-state index in [9.17, 15) is 22.8 Å². The Kier molecular flexibility index (Phi) is 35.0. The maximum absolute atomic E-state index is 11.1. The molecular weight excluding hydrogens is 492 g/mol. The van der Waals surface area contributed by atoms with Crippen LogP contribution in [0, 0.1) is 29.1 Å². The lowest BCUT2D eigenvalue weighted by Gasteiger charge is -2.28. The van der Waals surface area contributed by atoms with Gasteiger partial charge in [-0.05, 0) is 65.2 Å². The van der Waals surface area contributed by atoms with Crippen molar-refractivity contribution in [2.75, 3.05) is 19.6 Å². The first-order valence-electron chi connectivity index (χ1n) is 12.1. The van der Waals surface area contributed by atoms with E-state index in [1.807, 2.05) is 55.4 Å². The minimum atomic E-state index is -2.67. The topological polar surface area (TPSA) is 104 Å². The van der Waals surface area contributed by atoms with Gasteiger partial charge in [-0.1, -0.05) is 70.2 Å². The standard InChI is InChI=1S/2C8H16O2.C6H14.C3H6O.C2H6O2S.2CH4/c1-6(2)8(3,4)7(9)10-5;1-6(2)8(4,5)10-7(3)9;1-5(2)6(3)4;1-3(2)4;1-5(2,3)4;;/h2*6H,1-5H3;5-6H,1-4H3;1-2H3;1-2H3;2*1H4. The Bertz CT molecular complexity index is 654. The van der Waals surface area contributed by atoms with Crippen LogP contribution in [-0.2, 0) is 33.7 Å². The number of ketones is 1. The van der Waals surface area contributed by atoms with Crippen LogP contribution in [0.5, 0.6) is 0 Å². The molecule has 0 aromatic heterocycles. The molecule has 0 radical (unpaired) electrons. The summed E-state index contributed by atoms with van der Waals surface area (Å²) in [4.78, 5) is 31.0. The average molecular weight is 559 g/mol. The maximum Gasteiger partial charge on any atom is 0.311 e. The van der Waals surface area contributed by atoms with Gasteiger partial charge in [0.2, 0.25) is 0 Å². The molecular formula is C29H66O7S. The number of carbonyl (C=O) groups is 3. The summed E-state index contributed by atoms with van der Waals surface area (Å²) in [5, 5.41) is 0. The van der Waals surface area contributed by atoms with Crippen molar-refractivity contribution < 1.29 is 32.3 Å². The van der Waals surface area contributed by atoms with Gasteiger partial charge in [0.05, 0.1) is 12.5 Å². The summed E-state index contributed by atoms with van der Waals surface area (Å²) in [5.41, 5.74) is -0.680. The van der Waals surface area contributed by atoms with E-state index in [0.29, 0.717) is 11.8 Å². The quantitative estimate of drug-likeness (QED) is 0.319. The van der Waals surface area contributed by atoms with Gasteiger partial charge in [0, 0.05) is 19.4 Å². The third-order valence-electron chi connectivity index (χ3n) is 5.29. The van der Waals surface area contributed by atoms with Crippen LogP contribution in [0.3, 0.4) is 0 Å². The third-order valence-corrected chi connectivity index (χ3v) is 5.29. The SMILES string of the molecule is C.C.CC(=O)OC(C)(C)C(C)C.CC(C)=O.CC(C)C(C)C.COC(=O)C(C)(C)C(C)C.CS(C)(=O)=O. The minimum Gasteiger partial charge on any atom is -0.469 e. The molecule has 0 aromatic rings. The van der Waals surface area contributed by atoms with Crippen LogP contribution in [0.15, 0.2) is 0 Å². The molecule has 0 fully saturated rings. The zero-order chi connectivity index (χ0) is 30.0. The highest BCUT2D eigenvalue weighted by molar-refractivity contribution is 7.89. The highest BCUT2D eigenvalue weighted by atomic mass is 32.2. The van der Waals surface area contributed by atoms with Crippen molar-refractivity contribution in [1.29, 1.82) is 0 Å². The minimum absolute atomic E-state index is 0. The summed E-state index contributed by atoms with van der Waals surface area (Å²) in [6.45, 7) is 29.2. The fourth-order valence-electron chi connectivity index (χ4n) is 0.987. The predicted molar refractivity (Wildman–Crippen MR) is 162 cm³/mol. The van der Waals surface area contributed by atoms with E-state index < -0.39 is 9.84 Å². The predicted octanol–water partition coefficient (Wildman–Crippen LogP) is 7.65. The first-order valence-corrected chi connectivity index (χ1v) is 14.4. The van der Waals surface area contributed by atoms with E-state index in [-0.39, 0.29) is 43.6 Å². The molecule has 0 saturated carbocycles. The largest absolute Gasteiger partial charge is 0.469 e. The number of carbonyl (C=O) groups excluding carboxylic acids is 3. The number of methoxy groups -OCH3 is 1. The molecule has 0 unspecified atom stereocenters. The van der Waals surface area contributed by atoms with Crippen LogP contribution in [0.25, 0.3) is 0 Å². The van der Waals surface area contributed by atoms with E-state index >= 15 is 0 Å². The van der Waals surface area contributed by atoms with Gasteiger partial charge in [0.1, 0.15) is 21.2 Å². The summed E-state index contributed by atoms with van der Waals surface area (Å²) in [7, 11) is -1.24. The van der Waals surface area contributed by atoms with Crippen LogP contribution in [0.2, 0.25) is 0 Å². The second-order valence-corrected chi connectivity index (χ2v) is 13.5. The van der Waals surface area contributed by atoms with Gasteiger partial charge < -0.3 is 14.3 Å². The normalized spacial score (nSPS) is 10.4. The van der Waals surface area contributed by atoms with E-state index in [4.69, 9.17) is 4.74 Å². The zero-order valence-corrected chi connectivity index (χ0v) is 26.9. The van der Waals surface area contributed by atoms with Gasteiger partial charge in [0.15, 0.2) is 0 Å². The van der Waals surface area contributed by atoms with Crippen molar-refractivity contribution >= 4 is 27.6 Å². The van der Waals surface area contributed by atoms with Crippen LogP contribution in [0.1, 0.15) is 119 Å². The van der Waals surface area contributed by atoms with Crippen LogP contribution in [0.4, 0.5) is 0 Å². The molecule has 37 heavy (non-hydrogen) atoms. The Morgan fingerprint density at radius 1 is 0.676 bits per heavy atom. The van der Waals surface area contributed by atoms with Crippen molar-refractivity contribution in [1.82, 2.24) is 0 Å². The Labute approximate surface area is 232 Å². The van der Waals surface area contributed by atoms with E-state index in [0.717, 1.165) is 24.3 Å². The smallest absolute Gasteiger partial charge is 0.311 e. The number of sulfone groups is 1. The molecule has 0 aliphatic rings. The van der Waals surface area contributed by atoms with Crippen LogP contribution in [-0.4, -0.2) is 51.4 Å². The molecule has 0 N–H and O–H groups in total. The number of rotatable bonds is 5. The van der Waals surface area contributed by atoms with Crippen molar-refractivity contribution in [3.05, 3.63) is 0 Å². The fraction of sp³-hybridized carbons (Fsp3) is 0.897. The molecule has 0 amide bonds. The fourth-order valence-corrected chi connectivity index (χ4v) is 0.987. The first kappa shape index (κ1) is 52.1. The maximum atomic E-state index is 11.1. The number of hydrogen-bond donors (Lipinski definition) is 0. The zero-order valence-electron chi connectivity index (χ0n) is 26.1. The van der Waals surface area contributed by atoms with Crippen molar-refractivity contribution in [3.63, 3.8) is 0 Å². The highest BCUT2D eigenvalue weighted by Crippen LogP contribution is 2.26. The molecule has 0 aliphatic carbocycles. The van der Waals surface area contributed by atoms with E-state index in [1.165, 1.54) is 27.9 Å². The summed E-state index contributed by atoms with van der Waals surface area (Å²) < 4.78 is 29.0. The highest BCUT2D eigenvalue weighted by Gasteiger charge is 2.31. The number of ether oxygens (including phenoxy) is 2. The second-order valence-electron chi connectivity index (χ2n) is 11.3. The summed E-state index contributed by atoms with van der Waals surface area (Å²) >= 11 is 0. The Hall–Kier alpha value is -1.44. The number of hydrogen-bond acceptors (Lipinski definition) is 7. The summed E-state index contributed by atoms with van der Waals surface area (Å²) in [6, 6.07) is 0. The lowest BCUT2D eigenvalue weighted by molar-refractivity contribution is -0.157. The molecule has 230 valence electrons. The number of Topliss-reactive ketones (excluding diaryl/α,β-unsaturated/α-hetero) is 1. The van der Waals surface area contributed by atoms with Gasteiger partial charge in [-0.2, -0.15) is 0 Å². The van der Waals surface area contributed by atoms with Gasteiger partial charge >= 0.3 is 11.9 Å². The molecule has 0 aliphatic heterocycles. The van der Waals surface area contributed by atoms with Crippen LogP contribution < -0.4 is 0 Å². The van der Waals surface area contributed by atoms with E-state index in [1.54, 1.807) is 0 Å². The molecule has 0 spiro atoms. The Morgan fingerprint density at radius 3 is 0.973 bits per heavy atom.